The standard InChI is InChI=1S/C17H26N4O5/c1-16(2,3)26-15(24)20-7-5-17(6-8-20)10-12(4-9-25-17)21-11-13(14(22)23)18-19-21/h11-12H,4-10H2,1-3H3,(H,22,23). The summed E-state index contributed by atoms with van der Waals surface area (Å²) in [6, 6.07) is 0.0532. The molecule has 0 aliphatic carbocycles. The fraction of sp³-hybridized carbons (Fsp3) is 0.765. The van der Waals surface area contributed by atoms with E-state index in [1.807, 2.05) is 20.8 Å². The normalized spacial score (nSPS) is 23.0. The number of aromatic carboxylic acids is 1. The van der Waals surface area contributed by atoms with Crippen molar-refractivity contribution in [2.75, 3.05) is 19.7 Å². The van der Waals surface area contributed by atoms with E-state index in [4.69, 9.17) is 14.6 Å². The molecular formula is C17H26N4O5. The zero-order valence-electron chi connectivity index (χ0n) is 15.5. The molecule has 1 N–H and O–H groups in total. The van der Waals surface area contributed by atoms with Crippen LogP contribution in [-0.4, -0.2) is 68.0 Å². The Labute approximate surface area is 152 Å². The molecule has 1 aromatic heterocycles. The maximum Gasteiger partial charge on any atom is 0.410 e. The van der Waals surface area contributed by atoms with Gasteiger partial charge in [-0.3, -0.25) is 0 Å². The lowest BCUT2D eigenvalue weighted by atomic mass is 9.82. The molecule has 1 amide bonds. The molecule has 1 spiro atoms. The van der Waals surface area contributed by atoms with Crippen molar-refractivity contribution in [1.29, 1.82) is 0 Å². The first-order valence-corrected chi connectivity index (χ1v) is 8.94. The first-order valence-electron chi connectivity index (χ1n) is 8.94. The van der Waals surface area contributed by atoms with Gasteiger partial charge in [0.05, 0.1) is 17.8 Å². The Balaban J connectivity index is 1.61. The van der Waals surface area contributed by atoms with Crippen molar-refractivity contribution < 1.29 is 24.2 Å². The topological polar surface area (TPSA) is 107 Å². The first-order chi connectivity index (χ1) is 12.2. The summed E-state index contributed by atoms with van der Waals surface area (Å²) < 4.78 is 13.2. The number of amides is 1. The molecule has 1 unspecified atom stereocenters. The summed E-state index contributed by atoms with van der Waals surface area (Å²) in [6.07, 6.45) is 4.13. The highest BCUT2D eigenvalue weighted by molar-refractivity contribution is 5.84. The van der Waals surface area contributed by atoms with Crippen LogP contribution in [0, 0.1) is 0 Å². The van der Waals surface area contributed by atoms with E-state index in [0.29, 0.717) is 19.7 Å². The van der Waals surface area contributed by atoms with Gasteiger partial charge in [-0.05, 0) is 46.5 Å². The maximum atomic E-state index is 12.2. The second kappa shape index (κ2) is 6.86. The molecule has 3 heterocycles. The summed E-state index contributed by atoms with van der Waals surface area (Å²) in [4.78, 5) is 24.9. The number of aromatic nitrogens is 3. The Hall–Kier alpha value is -2.16. The number of ether oxygens (including phenoxy) is 2. The van der Waals surface area contributed by atoms with Crippen LogP contribution in [-0.2, 0) is 9.47 Å². The predicted molar refractivity (Wildman–Crippen MR) is 91.0 cm³/mol. The highest BCUT2D eigenvalue weighted by atomic mass is 16.6. The van der Waals surface area contributed by atoms with Gasteiger partial charge in [-0.1, -0.05) is 5.21 Å². The Morgan fingerprint density at radius 1 is 1.35 bits per heavy atom. The van der Waals surface area contributed by atoms with Crippen molar-refractivity contribution in [2.24, 2.45) is 0 Å². The molecule has 3 rings (SSSR count). The third-order valence-corrected chi connectivity index (χ3v) is 4.90. The van der Waals surface area contributed by atoms with Crippen molar-refractivity contribution >= 4 is 12.1 Å². The van der Waals surface area contributed by atoms with Crippen LogP contribution in [0.3, 0.4) is 0 Å². The Morgan fingerprint density at radius 2 is 2.04 bits per heavy atom. The summed E-state index contributed by atoms with van der Waals surface area (Å²) in [7, 11) is 0. The quantitative estimate of drug-likeness (QED) is 0.854. The Bertz CT molecular complexity index is 673. The van der Waals surface area contributed by atoms with Crippen LogP contribution < -0.4 is 0 Å². The van der Waals surface area contributed by atoms with E-state index in [1.165, 1.54) is 6.20 Å². The monoisotopic (exact) mass is 366 g/mol. The van der Waals surface area contributed by atoms with Crippen molar-refractivity contribution in [1.82, 2.24) is 19.9 Å². The van der Waals surface area contributed by atoms with Gasteiger partial charge in [0.15, 0.2) is 5.69 Å². The van der Waals surface area contributed by atoms with Gasteiger partial charge in [-0.25, -0.2) is 14.3 Å². The molecule has 9 heteroatoms. The largest absolute Gasteiger partial charge is 0.476 e. The second-order valence-electron chi connectivity index (χ2n) is 8.03. The van der Waals surface area contributed by atoms with Crippen LogP contribution in [0.2, 0.25) is 0 Å². The van der Waals surface area contributed by atoms with Crippen molar-refractivity contribution in [2.45, 2.75) is 63.7 Å². The van der Waals surface area contributed by atoms with E-state index in [2.05, 4.69) is 10.3 Å². The number of likely N-dealkylation sites (tertiary alicyclic amines) is 1. The lowest BCUT2D eigenvalue weighted by molar-refractivity contribution is -0.124. The molecule has 1 aromatic rings. The van der Waals surface area contributed by atoms with Gasteiger partial charge in [-0.15, -0.1) is 5.10 Å². The van der Waals surface area contributed by atoms with Gasteiger partial charge >= 0.3 is 12.1 Å². The van der Waals surface area contributed by atoms with E-state index < -0.39 is 11.6 Å². The molecule has 0 saturated carbocycles. The molecule has 2 saturated heterocycles. The van der Waals surface area contributed by atoms with Crippen LogP contribution in [0.5, 0.6) is 0 Å². The van der Waals surface area contributed by atoms with Crippen LogP contribution in [0.15, 0.2) is 6.20 Å². The fourth-order valence-electron chi connectivity index (χ4n) is 3.55. The zero-order chi connectivity index (χ0) is 18.9. The van der Waals surface area contributed by atoms with Crippen molar-refractivity contribution in [3.8, 4) is 0 Å². The number of rotatable bonds is 2. The summed E-state index contributed by atoms with van der Waals surface area (Å²) in [5.41, 5.74) is -0.866. The summed E-state index contributed by atoms with van der Waals surface area (Å²) >= 11 is 0. The minimum Gasteiger partial charge on any atom is -0.476 e. The molecule has 26 heavy (non-hydrogen) atoms. The number of carboxylic acid groups (broad SMARTS) is 1. The third kappa shape index (κ3) is 4.14. The van der Waals surface area contributed by atoms with Crippen LogP contribution >= 0.6 is 0 Å². The molecule has 2 aliphatic rings. The number of carbonyl (C=O) groups is 2. The molecule has 0 radical (unpaired) electrons. The van der Waals surface area contributed by atoms with Gasteiger partial charge in [0.2, 0.25) is 0 Å². The smallest absolute Gasteiger partial charge is 0.410 e. The lowest BCUT2D eigenvalue weighted by Crippen LogP contribution is -2.51. The van der Waals surface area contributed by atoms with E-state index in [0.717, 1.165) is 25.7 Å². The number of hydrogen-bond acceptors (Lipinski definition) is 6. The first kappa shape index (κ1) is 18.6. The Kier molecular flexibility index (Phi) is 4.92. The lowest BCUT2D eigenvalue weighted by Gasteiger charge is -2.46. The maximum absolute atomic E-state index is 12.2. The van der Waals surface area contributed by atoms with E-state index in [1.54, 1.807) is 9.58 Å². The van der Waals surface area contributed by atoms with E-state index in [9.17, 15) is 9.59 Å². The molecule has 9 nitrogen and oxygen atoms in total. The van der Waals surface area contributed by atoms with Gasteiger partial charge in [0.25, 0.3) is 0 Å². The average molecular weight is 366 g/mol. The number of piperidine rings is 1. The van der Waals surface area contributed by atoms with Crippen molar-refractivity contribution in [3.63, 3.8) is 0 Å². The van der Waals surface area contributed by atoms with Gasteiger partial charge < -0.3 is 19.5 Å². The van der Waals surface area contributed by atoms with Gasteiger partial charge in [0.1, 0.15) is 5.60 Å². The zero-order valence-corrected chi connectivity index (χ0v) is 15.5. The highest BCUT2D eigenvalue weighted by Gasteiger charge is 2.42. The Morgan fingerprint density at radius 3 is 2.62 bits per heavy atom. The number of carboxylic acids is 1. The average Bonchev–Trinajstić information content (AvgIpc) is 3.04. The molecule has 0 aromatic carbocycles. The third-order valence-electron chi connectivity index (χ3n) is 4.90. The molecule has 1 atom stereocenters. The SMILES string of the molecule is CC(C)(C)OC(=O)N1CCC2(CC1)CC(n1cc(C(=O)O)nn1)CCO2. The van der Waals surface area contributed by atoms with Crippen LogP contribution in [0.25, 0.3) is 0 Å². The molecule has 2 aliphatic heterocycles. The van der Waals surface area contributed by atoms with E-state index >= 15 is 0 Å². The van der Waals surface area contributed by atoms with Crippen molar-refractivity contribution in [3.05, 3.63) is 11.9 Å². The summed E-state index contributed by atoms with van der Waals surface area (Å²) in [5, 5.41) is 16.7. The predicted octanol–water partition coefficient (Wildman–Crippen LogP) is 2.10. The van der Waals surface area contributed by atoms with Crippen LogP contribution in [0.4, 0.5) is 4.79 Å². The molecule has 2 fully saturated rings. The molecule has 0 bridgehead atoms. The number of nitrogens with zero attached hydrogens (tertiary/aromatic N) is 4. The minimum atomic E-state index is -1.08. The van der Waals surface area contributed by atoms with Gasteiger partial charge in [0, 0.05) is 19.7 Å². The summed E-state index contributed by atoms with van der Waals surface area (Å²) in [5.74, 6) is -1.08. The molecular weight excluding hydrogens is 340 g/mol. The van der Waals surface area contributed by atoms with Crippen LogP contribution in [0.1, 0.15) is 63.0 Å². The fourth-order valence-corrected chi connectivity index (χ4v) is 3.55. The minimum absolute atomic E-state index is 0.0507. The number of carbonyl (C=O) groups excluding carboxylic acids is 1. The van der Waals surface area contributed by atoms with Gasteiger partial charge in [-0.2, -0.15) is 0 Å². The second-order valence-corrected chi connectivity index (χ2v) is 8.03. The number of hydrogen-bond donors (Lipinski definition) is 1. The molecule has 144 valence electrons. The van der Waals surface area contributed by atoms with E-state index in [-0.39, 0.29) is 23.4 Å². The highest BCUT2D eigenvalue weighted by Crippen LogP contribution is 2.39. The summed E-state index contributed by atoms with van der Waals surface area (Å²) in [6.45, 7) is 7.32.